The maximum Gasteiger partial charge on any atom is 0.315 e. The molecule has 0 saturated carbocycles. The molecule has 2 atom stereocenters. The highest BCUT2D eigenvalue weighted by Crippen LogP contribution is 2.27. The fraction of sp³-hybridized carbons (Fsp3) is 0.444. The Hall–Kier alpha value is -2.54. The number of nitrogens with one attached hydrogen (secondary N) is 2. The molecule has 7 heteroatoms. The van der Waals surface area contributed by atoms with Gasteiger partial charge >= 0.3 is 6.03 Å². The Kier molecular flexibility index (Phi) is 6.82. The van der Waals surface area contributed by atoms with Gasteiger partial charge in [0.05, 0.1) is 19.5 Å². The van der Waals surface area contributed by atoms with Gasteiger partial charge in [-0.1, -0.05) is 18.2 Å². The quantitative estimate of drug-likeness (QED) is 0.766. The third kappa shape index (κ3) is 5.49. The van der Waals surface area contributed by atoms with Crippen molar-refractivity contribution >= 4 is 6.03 Å². The minimum Gasteiger partial charge on any atom is -0.496 e. The maximum absolute atomic E-state index is 12.2. The molecule has 2 aromatic rings. The Morgan fingerprint density at radius 2 is 2.12 bits per heavy atom. The van der Waals surface area contributed by atoms with Gasteiger partial charge in [0, 0.05) is 37.1 Å². The van der Waals surface area contributed by atoms with Crippen LogP contribution >= 0.6 is 0 Å². The van der Waals surface area contributed by atoms with Crippen molar-refractivity contribution in [1.82, 2.24) is 25.1 Å². The van der Waals surface area contributed by atoms with Crippen molar-refractivity contribution in [1.29, 1.82) is 0 Å². The van der Waals surface area contributed by atoms with Crippen LogP contribution in [-0.2, 0) is 6.54 Å². The van der Waals surface area contributed by atoms with Crippen molar-refractivity contribution in [2.75, 3.05) is 27.7 Å². The van der Waals surface area contributed by atoms with Crippen LogP contribution in [0.4, 0.5) is 4.79 Å². The molecular weight excluding hydrogens is 318 g/mol. The fourth-order valence-corrected chi connectivity index (χ4v) is 2.73. The zero-order chi connectivity index (χ0) is 18.2. The molecule has 0 unspecified atom stereocenters. The van der Waals surface area contributed by atoms with Gasteiger partial charge < -0.3 is 24.8 Å². The van der Waals surface area contributed by atoms with Crippen LogP contribution in [0.15, 0.2) is 43.0 Å². The number of ether oxygens (including phenoxy) is 1. The number of rotatable bonds is 8. The van der Waals surface area contributed by atoms with Gasteiger partial charge in [-0.2, -0.15) is 0 Å². The van der Waals surface area contributed by atoms with E-state index in [4.69, 9.17) is 4.74 Å². The van der Waals surface area contributed by atoms with E-state index in [1.807, 2.05) is 56.0 Å². The van der Waals surface area contributed by atoms with E-state index in [1.54, 1.807) is 19.6 Å². The second kappa shape index (κ2) is 9.08. The average Bonchev–Trinajstić information content (AvgIpc) is 3.07. The Morgan fingerprint density at radius 3 is 2.76 bits per heavy atom. The minimum absolute atomic E-state index is 0.00160. The van der Waals surface area contributed by atoms with Gasteiger partial charge in [-0.05, 0) is 27.1 Å². The lowest BCUT2D eigenvalue weighted by atomic mass is 10.0. The summed E-state index contributed by atoms with van der Waals surface area (Å²) in [5.74, 6) is 0.817. The molecule has 0 aliphatic heterocycles. The number of nitrogens with zero attached hydrogens (tertiary/aromatic N) is 3. The smallest absolute Gasteiger partial charge is 0.315 e. The highest BCUT2D eigenvalue weighted by molar-refractivity contribution is 5.74. The van der Waals surface area contributed by atoms with Crippen molar-refractivity contribution in [3.8, 4) is 5.75 Å². The third-order valence-corrected chi connectivity index (χ3v) is 4.00. The highest BCUT2D eigenvalue weighted by atomic mass is 16.5. The lowest BCUT2D eigenvalue weighted by Crippen LogP contribution is -2.45. The van der Waals surface area contributed by atoms with Crippen LogP contribution in [0.3, 0.4) is 0 Å². The molecule has 7 nitrogen and oxygen atoms in total. The number of aromatic nitrogens is 2. The van der Waals surface area contributed by atoms with E-state index < -0.39 is 0 Å². The highest BCUT2D eigenvalue weighted by Gasteiger charge is 2.19. The SMILES string of the molecule is COc1ccccc1[C@@H](CNC(=O)N[C@@H](C)Cn1ccnc1)N(C)C. The molecule has 0 fully saturated rings. The molecule has 0 aliphatic carbocycles. The van der Waals surface area contributed by atoms with Crippen LogP contribution in [0.1, 0.15) is 18.5 Å². The first kappa shape index (κ1) is 18.8. The van der Waals surface area contributed by atoms with Crippen molar-refractivity contribution in [2.24, 2.45) is 0 Å². The van der Waals surface area contributed by atoms with Gasteiger partial charge in [0.25, 0.3) is 0 Å². The Labute approximate surface area is 149 Å². The molecule has 2 rings (SSSR count). The molecule has 25 heavy (non-hydrogen) atoms. The number of para-hydroxylation sites is 1. The van der Waals surface area contributed by atoms with Crippen LogP contribution in [0, 0.1) is 0 Å². The van der Waals surface area contributed by atoms with Crippen molar-refractivity contribution in [2.45, 2.75) is 25.6 Å². The summed E-state index contributed by atoms with van der Waals surface area (Å²) < 4.78 is 7.38. The summed E-state index contributed by atoms with van der Waals surface area (Å²) in [5, 5.41) is 5.90. The normalized spacial score (nSPS) is 13.3. The third-order valence-electron chi connectivity index (χ3n) is 4.00. The summed E-state index contributed by atoms with van der Waals surface area (Å²) in [6.07, 6.45) is 5.33. The predicted molar refractivity (Wildman–Crippen MR) is 97.6 cm³/mol. The van der Waals surface area contributed by atoms with Gasteiger partial charge in [-0.25, -0.2) is 9.78 Å². The Balaban J connectivity index is 1.91. The first-order valence-corrected chi connectivity index (χ1v) is 8.30. The number of carbonyl (C=O) groups is 1. The van der Waals surface area contributed by atoms with E-state index >= 15 is 0 Å². The van der Waals surface area contributed by atoms with E-state index in [1.165, 1.54) is 0 Å². The second-order valence-corrected chi connectivity index (χ2v) is 6.24. The molecule has 0 bridgehead atoms. The molecule has 0 aliphatic rings. The molecule has 2 amide bonds. The molecule has 1 aromatic carbocycles. The van der Waals surface area contributed by atoms with Crippen LogP contribution in [0.25, 0.3) is 0 Å². The van der Waals surface area contributed by atoms with E-state index in [0.29, 0.717) is 13.1 Å². The first-order chi connectivity index (χ1) is 12.0. The number of benzene rings is 1. The summed E-state index contributed by atoms with van der Waals surface area (Å²) in [7, 11) is 5.63. The minimum atomic E-state index is -0.186. The largest absolute Gasteiger partial charge is 0.496 e. The van der Waals surface area contributed by atoms with Gasteiger partial charge in [-0.15, -0.1) is 0 Å². The van der Waals surface area contributed by atoms with E-state index in [9.17, 15) is 4.79 Å². The van der Waals surface area contributed by atoms with E-state index in [2.05, 4.69) is 20.5 Å². The van der Waals surface area contributed by atoms with Crippen molar-refractivity contribution in [3.63, 3.8) is 0 Å². The van der Waals surface area contributed by atoms with E-state index in [0.717, 1.165) is 11.3 Å². The summed E-state index contributed by atoms with van der Waals surface area (Å²) in [5.41, 5.74) is 1.04. The molecule has 0 radical (unpaired) electrons. The molecular formula is C18H27N5O2. The maximum atomic E-state index is 12.2. The van der Waals surface area contributed by atoms with Gasteiger partial charge in [-0.3, -0.25) is 0 Å². The number of methoxy groups -OCH3 is 1. The lowest BCUT2D eigenvalue weighted by Gasteiger charge is -2.27. The molecule has 2 N–H and O–H groups in total. The van der Waals surface area contributed by atoms with Gasteiger partial charge in [0.1, 0.15) is 5.75 Å². The van der Waals surface area contributed by atoms with E-state index in [-0.39, 0.29) is 18.1 Å². The number of imidazole rings is 1. The number of likely N-dealkylation sites (N-methyl/N-ethyl adjacent to an activating group) is 1. The lowest BCUT2D eigenvalue weighted by molar-refractivity contribution is 0.228. The molecule has 0 spiro atoms. The van der Waals surface area contributed by atoms with Crippen LogP contribution in [-0.4, -0.2) is 54.3 Å². The molecule has 136 valence electrons. The van der Waals surface area contributed by atoms with Gasteiger partial charge in [0.15, 0.2) is 0 Å². The fourth-order valence-electron chi connectivity index (χ4n) is 2.73. The van der Waals surface area contributed by atoms with Crippen molar-refractivity contribution in [3.05, 3.63) is 48.5 Å². The Morgan fingerprint density at radius 1 is 1.36 bits per heavy atom. The summed E-state index contributed by atoms with van der Waals surface area (Å²) in [6, 6.07) is 7.69. The summed E-state index contributed by atoms with van der Waals surface area (Å²) in [4.78, 5) is 18.3. The number of amides is 2. The topological polar surface area (TPSA) is 71.4 Å². The van der Waals surface area contributed by atoms with Crippen LogP contribution in [0.5, 0.6) is 5.75 Å². The average molecular weight is 345 g/mol. The number of carbonyl (C=O) groups excluding carboxylic acids is 1. The number of hydrogen-bond acceptors (Lipinski definition) is 4. The monoisotopic (exact) mass is 345 g/mol. The number of urea groups is 1. The molecule has 1 aromatic heterocycles. The predicted octanol–water partition coefficient (Wildman–Crippen LogP) is 1.88. The zero-order valence-electron chi connectivity index (χ0n) is 15.3. The van der Waals surface area contributed by atoms with Crippen molar-refractivity contribution < 1.29 is 9.53 Å². The standard InChI is InChI=1S/C18H27N5O2/c1-14(12-23-10-9-19-13-23)21-18(24)20-11-16(22(2)3)15-7-5-6-8-17(15)25-4/h5-10,13-14,16H,11-12H2,1-4H3,(H2,20,21,24)/t14-,16+/m0/s1. The number of hydrogen-bond donors (Lipinski definition) is 2. The van der Waals surface area contributed by atoms with Gasteiger partial charge in [0.2, 0.25) is 0 Å². The summed E-state index contributed by atoms with van der Waals surface area (Å²) >= 11 is 0. The summed E-state index contributed by atoms with van der Waals surface area (Å²) in [6.45, 7) is 3.12. The first-order valence-electron chi connectivity index (χ1n) is 8.30. The van der Waals surface area contributed by atoms with Crippen LogP contribution < -0.4 is 15.4 Å². The van der Waals surface area contributed by atoms with Crippen LogP contribution in [0.2, 0.25) is 0 Å². The Bertz CT molecular complexity index is 657. The zero-order valence-corrected chi connectivity index (χ0v) is 15.3. The molecule has 1 heterocycles. The second-order valence-electron chi connectivity index (χ2n) is 6.24. The molecule has 0 saturated heterocycles.